The van der Waals surface area contributed by atoms with Crippen molar-refractivity contribution in [2.24, 2.45) is 0 Å². The summed E-state index contributed by atoms with van der Waals surface area (Å²) in [5, 5.41) is 98.2. The molecule has 6 rings (SSSR count). The van der Waals surface area contributed by atoms with Gasteiger partial charge in [-0.15, -0.1) is 0 Å². The van der Waals surface area contributed by atoms with Gasteiger partial charge in [-0.2, -0.15) is 0 Å². The Bertz CT molecular complexity index is 2150. The molecule has 0 radical (unpaired) electrons. The second kappa shape index (κ2) is 21.8. The molecular formula is C56H80O14. The van der Waals surface area contributed by atoms with Gasteiger partial charge in [-0.1, -0.05) is 91.0 Å². The van der Waals surface area contributed by atoms with Gasteiger partial charge in [-0.05, 0) is 150 Å². The number of ether oxygens (including phenoxy) is 2. The van der Waals surface area contributed by atoms with Crippen LogP contribution in [0.2, 0.25) is 0 Å². The van der Waals surface area contributed by atoms with Crippen molar-refractivity contribution < 1.29 is 70.1 Å². The van der Waals surface area contributed by atoms with Crippen LogP contribution in [0.4, 0.5) is 0 Å². The first kappa shape index (κ1) is 60.0. The molecule has 14 nitrogen and oxygen atoms in total. The van der Waals surface area contributed by atoms with Crippen molar-refractivity contribution in [3.63, 3.8) is 0 Å². The van der Waals surface area contributed by atoms with E-state index >= 15 is 0 Å². The number of epoxide rings is 2. The van der Waals surface area contributed by atoms with Crippen LogP contribution in [0.3, 0.4) is 0 Å². The number of rotatable bonds is 14. The van der Waals surface area contributed by atoms with Crippen LogP contribution in [-0.4, -0.2) is 107 Å². The molecule has 6 unspecified atom stereocenters. The maximum absolute atomic E-state index is 11.9. The number of carbonyl (C=O) groups is 2. The molecule has 0 amide bonds. The van der Waals surface area contributed by atoms with Crippen molar-refractivity contribution in [1.82, 2.24) is 0 Å². The highest BCUT2D eigenvalue weighted by Gasteiger charge is 2.51. The van der Waals surface area contributed by atoms with Crippen LogP contribution in [0, 0.1) is 0 Å². The summed E-state index contributed by atoms with van der Waals surface area (Å²) < 4.78 is 11.3. The number of hydrogen-bond donors (Lipinski definition) is 10. The summed E-state index contributed by atoms with van der Waals surface area (Å²) >= 11 is 0. The molecule has 0 aromatic heterocycles. The van der Waals surface area contributed by atoms with Crippen LogP contribution in [0.15, 0.2) is 97.1 Å². The van der Waals surface area contributed by atoms with Crippen LogP contribution in [0.25, 0.3) is 0 Å². The van der Waals surface area contributed by atoms with Gasteiger partial charge in [0.1, 0.15) is 47.8 Å². The monoisotopic (exact) mass is 977 g/mol. The molecule has 14 heteroatoms. The normalized spacial score (nSPS) is 19.3. The summed E-state index contributed by atoms with van der Waals surface area (Å²) in [4.78, 5) is 23.7. The highest BCUT2D eigenvalue weighted by Crippen LogP contribution is 2.52. The molecule has 70 heavy (non-hydrogen) atoms. The Labute approximate surface area is 414 Å². The van der Waals surface area contributed by atoms with Crippen LogP contribution in [0.1, 0.15) is 202 Å². The number of Topliss-reactive ketones (excluding diaryl/α,β-unsaturated/α-hetero) is 2. The second-order valence-corrected chi connectivity index (χ2v) is 22.8. The van der Waals surface area contributed by atoms with E-state index in [9.17, 15) is 60.7 Å². The Kier molecular flexibility index (Phi) is 18.7. The zero-order valence-corrected chi connectivity index (χ0v) is 43.8. The number of carbonyl (C=O) groups excluding carboxylic acids is 2. The molecule has 2 fully saturated rings. The topological polar surface area (TPSA) is 261 Å². The van der Waals surface area contributed by atoms with Gasteiger partial charge in [-0.25, -0.2) is 0 Å². The highest BCUT2D eigenvalue weighted by atomic mass is 16.6. The molecule has 0 aliphatic carbocycles. The van der Waals surface area contributed by atoms with E-state index in [0.717, 1.165) is 0 Å². The third-order valence-corrected chi connectivity index (χ3v) is 11.8. The lowest BCUT2D eigenvalue weighted by molar-refractivity contribution is -0.0532. The fourth-order valence-corrected chi connectivity index (χ4v) is 7.30. The lowest BCUT2D eigenvalue weighted by Gasteiger charge is -2.28. The van der Waals surface area contributed by atoms with E-state index in [1.165, 1.54) is 112 Å². The Morgan fingerprint density at radius 3 is 0.857 bits per heavy atom. The van der Waals surface area contributed by atoms with Crippen molar-refractivity contribution >= 4 is 11.6 Å². The van der Waals surface area contributed by atoms with E-state index in [2.05, 4.69) is 52.0 Å². The smallest absolute Gasteiger partial charge is 0.193 e. The molecule has 0 spiro atoms. The number of ketones is 2. The minimum atomic E-state index is -1.49. The summed E-state index contributed by atoms with van der Waals surface area (Å²) in [6.45, 7) is 26.1. The molecule has 2 aliphatic rings. The van der Waals surface area contributed by atoms with Crippen molar-refractivity contribution in [1.29, 1.82) is 0 Å². The van der Waals surface area contributed by atoms with Gasteiger partial charge in [-0.3, -0.25) is 9.59 Å². The molecule has 2 heterocycles. The number of aliphatic hydroxyl groups is 10. The Morgan fingerprint density at radius 1 is 0.414 bits per heavy atom. The third kappa shape index (κ3) is 16.9. The molecule has 388 valence electrons. The average Bonchev–Trinajstić information content (AvgIpc) is 4.11. The number of aliphatic hydroxyl groups excluding tert-OH is 4. The minimum Gasteiger partial charge on any atom is -0.387 e. The summed E-state index contributed by atoms with van der Waals surface area (Å²) in [5.41, 5.74) is -2.96. The highest BCUT2D eigenvalue weighted by molar-refractivity contribution is 6.06. The van der Waals surface area contributed by atoms with E-state index in [4.69, 9.17) is 9.47 Å². The summed E-state index contributed by atoms with van der Waals surface area (Å²) in [6.07, 6.45) is -3.68. The molecule has 2 saturated heterocycles. The maximum atomic E-state index is 11.9. The van der Waals surface area contributed by atoms with Gasteiger partial charge in [0.2, 0.25) is 0 Å². The lowest BCUT2D eigenvalue weighted by Crippen LogP contribution is -2.33. The standard InChI is InChI=1S/2C14H22O4.C14H18O4.C14H18O2/c3*1-13(2,17)11(15)9-6-5-7-10(8-9)12(16)14(3,4)18;1-13(2)11(15-13)9-6-5-7-10(8-9)12-14(3,4)16-12/h2*5-8,11-12,15-18H,1-4H3;5-8,17-18H,1-4H3;5-8,11-12H,1-4H3. The van der Waals surface area contributed by atoms with E-state index in [-0.39, 0.29) is 34.5 Å². The largest absolute Gasteiger partial charge is 0.387 e. The molecule has 4 aromatic carbocycles. The number of benzene rings is 4. The third-order valence-electron chi connectivity index (χ3n) is 11.8. The van der Waals surface area contributed by atoms with E-state index in [1.54, 1.807) is 54.6 Å². The molecule has 0 saturated carbocycles. The summed E-state index contributed by atoms with van der Waals surface area (Å²) in [5.74, 6) is -0.930. The first-order valence-corrected chi connectivity index (χ1v) is 23.4. The van der Waals surface area contributed by atoms with Gasteiger partial charge in [0.15, 0.2) is 11.6 Å². The fourth-order valence-electron chi connectivity index (χ4n) is 7.30. The minimum absolute atomic E-state index is 0.0124. The van der Waals surface area contributed by atoms with E-state index in [1.807, 2.05) is 0 Å². The Morgan fingerprint density at radius 2 is 0.643 bits per heavy atom. The van der Waals surface area contributed by atoms with Crippen LogP contribution < -0.4 is 0 Å². The first-order chi connectivity index (χ1) is 31.5. The van der Waals surface area contributed by atoms with Crippen LogP contribution in [0.5, 0.6) is 0 Å². The summed E-state index contributed by atoms with van der Waals surface area (Å²) in [6, 6.07) is 27.8. The second-order valence-electron chi connectivity index (χ2n) is 22.8. The molecule has 6 atom stereocenters. The average molecular weight is 977 g/mol. The van der Waals surface area contributed by atoms with Gasteiger partial charge >= 0.3 is 0 Å². The quantitative estimate of drug-likeness (QED) is 0.0432. The van der Waals surface area contributed by atoms with Gasteiger partial charge in [0.05, 0.1) is 33.6 Å². The Balaban J connectivity index is 0.000000247. The SMILES string of the molecule is CC(C)(O)C(=O)c1cccc(C(=O)C(C)(C)O)c1.CC(C)(O)C(O)c1cccc(C(O)C(C)(C)O)c1.CC(C)(O)C(O)c1cccc(C(O)C(C)(C)O)c1.CC1(C)OC1c1cccc(C2OC2(C)C)c1. The fraction of sp³-hybridized carbons (Fsp3) is 0.536. The van der Waals surface area contributed by atoms with E-state index < -0.39 is 69.6 Å². The predicted octanol–water partition coefficient (Wildman–Crippen LogP) is 7.57. The summed E-state index contributed by atoms with van der Waals surface area (Å²) in [7, 11) is 0. The molecule has 4 aromatic rings. The van der Waals surface area contributed by atoms with E-state index in [0.29, 0.717) is 22.3 Å². The van der Waals surface area contributed by atoms with Crippen molar-refractivity contribution in [3.05, 3.63) is 142 Å². The molecule has 10 N–H and O–H groups in total. The van der Waals surface area contributed by atoms with Gasteiger partial charge in [0.25, 0.3) is 0 Å². The lowest BCUT2D eigenvalue weighted by atomic mass is 9.90. The molecule has 2 aliphatic heterocycles. The zero-order chi connectivity index (χ0) is 54.0. The van der Waals surface area contributed by atoms with Crippen LogP contribution in [-0.2, 0) is 9.47 Å². The predicted molar refractivity (Wildman–Crippen MR) is 268 cm³/mol. The number of hydrogen-bond acceptors (Lipinski definition) is 14. The molecular weight excluding hydrogens is 897 g/mol. The Hall–Kier alpha value is -4.26. The van der Waals surface area contributed by atoms with Crippen molar-refractivity contribution in [2.45, 2.75) is 192 Å². The van der Waals surface area contributed by atoms with Crippen molar-refractivity contribution in [3.8, 4) is 0 Å². The van der Waals surface area contributed by atoms with Gasteiger partial charge in [0, 0.05) is 11.1 Å². The first-order valence-electron chi connectivity index (χ1n) is 23.4. The zero-order valence-electron chi connectivity index (χ0n) is 43.8. The van der Waals surface area contributed by atoms with Crippen LogP contribution >= 0.6 is 0 Å². The maximum Gasteiger partial charge on any atom is 0.193 e. The molecule has 0 bridgehead atoms. The van der Waals surface area contributed by atoms with Crippen molar-refractivity contribution in [2.75, 3.05) is 0 Å². The van der Waals surface area contributed by atoms with Gasteiger partial charge < -0.3 is 60.5 Å².